The number of nitrogens with zero attached hydrogens (tertiary/aromatic N) is 6. The first kappa shape index (κ1) is 18.3. The van der Waals surface area contributed by atoms with E-state index in [4.69, 9.17) is 4.98 Å². The minimum Gasteiger partial charge on any atom is -0.340 e. The molecular formula is C21H24N6O. The summed E-state index contributed by atoms with van der Waals surface area (Å²) in [5.41, 5.74) is 3.11. The normalized spacial score (nSPS) is 16.9. The van der Waals surface area contributed by atoms with E-state index < -0.39 is 0 Å². The van der Waals surface area contributed by atoms with Gasteiger partial charge in [0, 0.05) is 55.6 Å². The van der Waals surface area contributed by atoms with Gasteiger partial charge in [-0.15, -0.1) is 0 Å². The Labute approximate surface area is 164 Å². The zero-order chi connectivity index (χ0) is 19.5. The van der Waals surface area contributed by atoms with E-state index in [-0.39, 0.29) is 11.8 Å². The number of carbonyl (C=O) groups excluding carboxylic acids is 1. The predicted molar refractivity (Wildman–Crippen MR) is 106 cm³/mol. The highest BCUT2D eigenvalue weighted by Gasteiger charge is 2.28. The number of piperidine rings is 1. The minimum absolute atomic E-state index is 0.127. The minimum atomic E-state index is 0.127. The molecule has 0 aliphatic carbocycles. The highest BCUT2D eigenvalue weighted by molar-refractivity contribution is 5.76. The van der Waals surface area contributed by atoms with Crippen LogP contribution in [-0.2, 0) is 11.3 Å². The Kier molecular flexibility index (Phi) is 5.14. The highest BCUT2D eigenvalue weighted by atomic mass is 16.2. The molecule has 3 aromatic rings. The lowest BCUT2D eigenvalue weighted by molar-refractivity contribution is -0.133. The monoisotopic (exact) mass is 376 g/mol. The third-order valence-corrected chi connectivity index (χ3v) is 5.32. The van der Waals surface area contributed by atoms with Crippen molar-refractivity contribution in [2.45, 2.75) is 39.2 Å². The van der Waals surface area contributed by atoms with Crippen molar-refractivity contribution in [2.75, 3.05) is 13.1 Å². The van der Waals surface area contributed by atoms with Crippen LogP contribution in [0.3, 0.4) is 0 Å². The van der Waals surface area contributed by atoms with E-state index in [1.165, 1.54) is 0 Å². The van der Waals surface area contributed by atoms with E-state index in [0.717, 1.165) is 47.9 Å². The van der Waals surface area contributed by atoms with Crippen LogP contribution < -0.4 is 0 Å². The van der Waals surface area contributed by atoms with Crippen molar-refractivity contribution in [3.8, 4) is 11.1 Å². The lowest BCUT2D eigenvalue weighted by Gasteiger charge is -2.33. The second-order valence-corrected chi connectivity index (χ2v) is 7.23. The van der Waals surface area contributed by atoms with Crippen LogP contribution >= 0.6 is 0 Å². The first-order valence-electron chi connectivity index (χ1n) is 9.61. The molecule has 1 amide bonds. The Morgan fingerprint density at radius 1 is 1.18 bits per heavy atom. The van der Waals surface area contributed by atoms with Gasteiger partial charge in [0.15, 0.2) is 0 Å². The summed E-state index contributed by atoms with van der Waals surface area (Å²) in [4.78, 5) is 32.3. The molecule has 0 spiro atoms. The van der Waals surface area contributed by atoms with Gasteiger partial charge in [0.2, 0.25) is 5.91 Å². The Morgan fingerprint density at radius 2 is 2.00 bits per heavy atom. The average molecular weight is 376 g/mol. The van der Waals surface area contributed by atoms with Gasteiger partial charge in [-0.05, 0) is 44.4 Å². The lowest BCUT2D eigenvalue weighted by Crippen LogP contribution is -2.41. The van der Waals surface area contributed by atoms with Crippen molar-refractivity contribution in [1.82, 2.24) is 29.4 Å². The Hall–Kier alpha value is -3.09. The van der Waals surface area contributed by atoms with E-state index >= 15 is 0 Å². The van der Waals surface area contributed by atoms with E-state index in [1.807, 2.05) is 47.8 Å². The maximum absolute atomic E-state index is 12.9. The SMILES string of the molecule is Cc1ncc(-c2ccncc2)c([C@H]2CCCN(C(=O)Cn3ccnc3C)C2)n1. The van der Waals surface area contributed by atoms with Gasteiger partial charge in [0.1, 0.15) is 18.2 Å². The van der Waals surface area contributed by atoms with Gasteiger partial charge in [0.25, 0.3) is 0 Å². The molecule has 0 radical (unpaired) electrons. The molecule has 0 N–H and O–H groups in total. The van der Waals surface area contributed by atoms with E-state index in [2.05, 4.69) is 15.0 Å². The van der Waals surface area contributed by atoms with E-state index in [0.29, 0.717) is 13.1 Å². The number of imidazole rings is 1. The fourth-order valence-electron chi connectivity index (χ4n) is 3.80. The summed E-state index contributed by atoms with van der Waals surface area (Å²) < 4.78 is 1.89. The Balaban J connectivity index is 1.57. The van der Waals surface area contributed by atoms with Gasteiger partial charge >= 0.3 is 0 Å². The summed E-state index contributed by atoms with van der Waals surface area (Å²) in [5, 5.41) is 0. The molecule has 28 heavy (non-hydrogen) atoms. The maximum atomic E-state index is 12.9. The number of carbonyl (C=O) groups is 1. The van der Waals surface area contributed by atoms with E-state index in [1.54, 1.807) is 18.6 Å². The number of amides is 1. The zero-order valence-electron chi connectivity index (χ0n) is 16.2. The van der Waals surface area contributed by atoms with Crippen LogP contribution in [0.2, 0.25) is 0 Å². The van der Waals surface area contributed by atoms with Crippen LogP contribution in [0.1, 0.15) is 36.1 Å². The maximum Gasteiger partial charge on any atom is 0.242 e. The van der Waals surface area contributed by atoms with Crippen molar-refractivity contribution in [2.24, 2.45) is 0 Å². The molecule has 1 atom stereocenters. The van der Waals surface area contributed by atoms with Crippen molar-refractivity contribution >= 4 is 5.91 Å². The number of aryl methyl sites for hydroxylation is 2. The zero-order valence-corrected chi connectivity index (χ0v) is 16.2. The topological polar surface area (TPSA) is 76.8 Å². The number of aromatic nitrogens is 5. The highest BCUT2D eigenvalue weighted by Crippen LogP contribution is 2.32. The van der Waals surface area contributed by atoms with Crippen molar-refractivity contribution in [3.63, 3.8) is 0 Å². The molecule has 4 heterocycles. The predicted octanol–water partition coefficient (Wildman–Crippen LogP) is 2.76. The van der Waals surface area contributed by atoms with Gasteiger partial charge in [-0.1, -0.05) is 0 Å². The summed E-state index contributed by atoms with van der Waals surface area (Å²) in [6.45, 7) is 5.63. The number of likely N-dealkylation sites (tertiary alicyclic amines) is 1. The van der Waals surface area contributed by atoms with Crippen LogP contribution in [0.5, 0.6) is 0 Å². The quantitative estimate of drug-likeness (QED) is 0.700. The molecule has 7 heteroatoms. The van der Waals surface area contributed by atoms with Gasteiger partial charge in [-0.3, -0.25) is 9.78 Å². The van der Waals surface area contributed by atoms with Gasteiger partial charge in [-0.2, -0.15) is 0 Å². The largest absolute Gasteiger partial charge is 0.340 e. The van der Waals surface area contributed by atoms with Crippen molar-refractivity contribution in [3.05, 3.63) is 60.5 Å². The molecule has 1 aliphatic rings. The molecular weight excluding hydrogens is 352 g/mol. The first-order chi connectivity index (χ1) is 13.6. The molecule has 144 valence electrons. The fraction of sp³-hybridized carbons (Fsp3) is 0.381. The molecule has 0 unspecified atom stereocenters. The third-order valence-electron chi connectivity index (χ3n) is 5.32. The van der Waals surface area contributed by atoms with Crippen LogP contribution in [0.15, 0.2) is 43.1 Å². The number of hydrogen-bond donors (Lipinski definition) is 0. The number of hydrogen-bond acceptors (Lipinski definition) is 5. The number of pyridine rings is 1. The molecule has 4 rings (SSSR count). The molecule has 1 aliphatic heterocycles. The Morgan fingerprint density at radius 3 is 2.75 bits per heavy atom. The smallest absolute Gasteiger partial charge is 0.242 e. The summed E-state index contributed by atoms with van der Waals surface area (Å²) in [5.74, 6) is 1.94. The third kappa shape index (κ3) is 3.78. The van der Waals surface area contributed by atoms with Crippen LogP contribution in [0.25, 0.3) is 11.1 Å². The molecule has 0 aromatic carbocycles. The number of rotatable bonds is 4. The van der Waals surface area contributed by atoms with Crippen LogP contribution in [0.4, 0.5) is 0 Å². The molecule has 7 nitrogen and oxygen atoms in total. The second kappa shape index (κ2) is 7.88. The Bertz CT molecular complexity index is 968. The van der Waals surface area contributed by atoms with Crippen molar-refractivity contribution in [1.29, 1.82) is 0 Å². The van der Waals surface area contributed by atoms with Crippen molar-refractivity contribution < 1.29 is 4.79 Å². The van der Waals surface area contributed by atoms with Crippen LogP contribution in [-0.4, -0.2) is 48.4 Å². The molecule has 0 bridgehead atoms. The first-order valence-corrected chi connectivity index (χ1v) is 9.61. The average Bonchev–Trinajstić information content (AvgIpc) is 3.13. The second-order valence-electron chi connectivity index (χ2n) is 7.23. The molecule has 3 aromatic heterocycles. The molecule has 0 saturated carbocycles. The molecule has 1 fully saturated rings. The van der Waals surface area contributed by atoms with Crippen LogP contribution in [0, 0.1) is 13.8 Å². The standard InChI is InChI=1S/C21H24N6O/c1-15-24-12-19(17-5-7-22-8-6-17)21(25-15)18-4-3-10-27(13-18)20(28)14-26-11-9-23-16(26)2/h5-9,11-12,18H,3-4,10,13-14H2,1-2H3/t18-/m0/s1. The van der Waals surface area contributed by atoms with Gasteiger partial charge in [-0.25, -0.2) is 15.0 Å². The van der Waals surface area contributed by atoms with Gasteiger partial charge < -0.3 is 9.47 Å². The van der Waals surface area contributed by atoms with Gasteiger partial charge in [0.05, 0.1) is 5.69 Å². The summed E-state index contributed by atoms with van der Waals surface area (Å²) in [6, 6.07) is 3.95. The summed E-state index contributed by atoms with van der Waals surface area (Å²) in [6.07, 6.45) is 11.0. The molecule has 1 saturated heterocycles. The van der Waals surface area contributed by atoms with E-state index in [9.17, 15) is 4.79 Å². The summed E-state index contributed by atoms with van der Waals surface area (Å²) >= 11 is 0. The summed E-state index contributed by atoms with van der Waals surface area (Å²) in [7, 11) is 0. The lowest BCUT2D eigenvalue weighted by atomic mass is 9.90. The fourth-order valence-corrected chi connectivity index (χ4v) is 3.80.